The predicted octanol–water partition coefficient (Wildman–Crippen LogP) is 2.79. The molecule has 11 heteroatoms. The fourth-order valence-electron chi connectivity index (χ4n) is 3.04. The minimum absolute atomic E-state index is 0.0431. The minimum Gasteiger partial charge on any atom is -0.492 e. The van der Waals surface area contributed by atoms with Crippen LogP contribution in [0.4, 0.5) is 5.69 Å². The van der Waals surface area contributed by atoms with Gasteiger partial charge in [-0.3, -0.25) is 9.29 Å². The maximum Gasteiger partial charge on any atom is 0.420 e. The monoisotopic (exact) mass is 444 g/mol. The zero-order valence-electron chi connectivity index (χ0n) is 16.9. The van der Waals surface area contributed by atoms with Gasteiger partial charge in [0.15, 0.2) is 11.4 Å². The molecule has 0 bridgehead atoms. The van der Waals surface area contributed by atoms with Crippen LogP contribution in [0, 0.1) is 0 Å². The molecule has 0 unspecified atom stereocenters. The number of para-hydroxylation sites is 2. The molecule has 4 aromatic rings. The van der Waals surface area contributed by atoms with Crippen molar-refractivity contribution in [1.82, 2.24) is 14.7 Å². The molecule has 1 N–H and O–H groups in total. The van der Waals surface area contributed by atoms with Crippen LogP contribution in [0.2, 0.25) is 0 Å². The van der Waals surface area contributed by atoms with Crippen molar-refractivity contribution in [2.24, 2.45) is 0 Å². The first kappa shape index (κ1) is 20.7. The minimum atomic E-state index is -3.95. The summed E-state index contributed by atoms with van der Waals surface area (Å²) in [5, 5.41) is 3.83. The van der Waals surface area contributed by atoms with Gasteiger partial charge in [0.05, 0.1) is 29.3 Å². The Kier molecular flexibility index (Phi) is 5.51. The summed E-state index contributed by atoms with van der Waals surface area (Å²) < 4.78 is 45.4. The van der Waals surface area contributed by atoms with Crippen molar-refractivity contribution in [1.29, 1.82) is 0 Å². The van der Waals surface area contributed by atoms with Crippen LogP contribution in [-0.2, 0) is 23.0 Å². The van der Waals surface area contributed by atoms with E-state index in [0.29, 0.717) is 41.7 Å². The number of benzene rings is 2. The molecule has 2 aromatic heterocycles. The smallest absolute Gasteiger partial charge is 0.420 e. The number of oxazole rings is 1. The topological polar surface area (TPSA) is 129 Å². The van der Waals surface area contributed by atoms with Crippen LogP contribution in [0.1, 0.15) is 25.6 Å². The Hall–Kier alpha value is -3.60. The van der Waals surface area contributed by atoms with Gasteiger partial charge >= 0.3 is 5.76 Å². The summed E-state index contributed by atoms with van der Waals surface area (Å²) in [5.74, 6) is 0.552. The molecular formula is C20H20N4O6S. The highest BCUT2D eigenvalue weighted by Crippen LogP contribution is 2.27. The fourth-order valence-corrected chi connectivity index (χ4v) is 4.12. The Morgan fingerprint density at radius 2 is 1.97 bits per heavy atom. The first-order chi connectivity index (χ1) is 14.9. The third-order valence-electron chi connectivity index (χ3n) is 4.49. The van der Waals surface area contributed by atoms with Gasteiger partial charge in [-0.15, -0.1) is 0 Å². The highest BCUT2D eigenvalue weighted by Gasteiger charge is 2.20. The van der Waals surface area contributed by atoms with Gasteiger partial charge in [-0.2, -0.15) is 4.98 Å². The molecule has 0 aliphatic carbocycles. The molecule has 0 saturated heterocycles. The van der Waals surface area contributed by atoms with Gasteiger partial charge in [-0.25, -0.2) is 13.2 Å². The van der Waals surface area contributed by atoms with Crippen LogP contribution in [0.5, 0.6) is 5.75 Å². The third kappa shape index (κ3) is 4.17. The summed E-state index contributed by atoms with van der Waals surface area (Å²) in [6.07, 6.45) is 0.578. The second-order valence-corrected chi connectivity index (χ2v) is 8.26. The average molecular weight is 444 g/mol. The lowest BCUT2D eigenvalue weighted by molar-refractivity contribution is 0.342. The summed E-state index contributed by atoms with van der Waals surface area (Å²) in [4.78, 5) is 16.4. The molecule has 0 atom stereocenters. The number of hydrogen-bond donors (Lipinski definition) is 1. The maximum atomic E-state index is 12.9. The molecule has 0 radical (unpaired) electrons. The zero-order valence-corrected chi connectivity index (χ0v) is 17.7. The zero-order chi connectivity index (χ0) is 22.0. The molecule has 0 aliphatic rings. The number of sulfonamides is 1. The maximum absolute atomic E-state index is 12.9. The van der Waals surface area contributed by atoms with E-state index >= 15 is 0 Å². The van der Waals surface area contributed by atoms with E-state index in [1.165, 1.54) is 22.8 Å². The van der Waals surface area contributed by atoms with E-state index in [1.54, 1.807) is 24.3 Å². The number of aromatic nitrogens is 3. The van der Waals surface area contributed by atoms with Gasteiger partial charge < -0.3 is 13.7 Å². The van der Waals surface area contributed by atoms with Crippen molar-refractivity contribution in [2.45, 2.75) is 31.7 Å². The predicted molar refractivity (Wildman–Crippen MR) is 112 cm³/mol. The summed E-state index contributed by atoms with van der Waals surface area (Å²) in [7, 11) is -3.95. The van der Waals surface area contributed by atoms with Crippen LogP contribution in [0.3, 0.4) is 0 Å². The van der Waals surface area contributed by atoms with Crippen LogP contribution >= 0.6 is 0 Å². The normalized spacial score (nSPS) is 11.7. The second-order valence-electron chi connectivity index (χ2n) is 6.58. The highest BCUT2D eigenvalue weighted by atomic mass is 32.2. The number of aryl methyl sites for hydroxylation is 1. The molecule has 162 valence electrons. The van der Waals surface area contributed by atoms with Gasteiger partial charge in [-0.05, 0) is 31.2 Å². The number of anilines is 1. The van der Waals surface area contributed by atoms with E-state index in [0.717, 1.165) is 0 Å². The van der Waals surface area contributed by atoms with Crippen LogP contribution < -0.4 is 15.2 Å². The number of fused-ring (bicyclic) bond motifs is 1. The van der Waals surface area contributed by atoms with Gasteiger partial charge in [0.2, 0.25) is 5.89 Å². The van der Waals surface area contributed by atoms with E-state index in [-0.39, 0.29) is 17.0 Å². The quantitative estimate of drug-likeness (QED) is 0.439. The molecule has 0 amide bonds. The Morgan fingerprint density at radius 1 is 1.16 bits per heavy atom. The number of ether oxygens (including phenoxy) is 1. The van der Waals surface area contributed by atoms with Crippen molar-refractivity contribution in [3.05, 3.63) is 64.7 Å². The fraction of sp³-hybridized carbons (Fsp3) is 0.250. The molecule has 0 spiro atoms. The van der Waals surface area contributed by atoms with Gasteiger partial charge in [0.1, 0.15) is 5.75 Å². The summed E-state index contributed by atoms with van der Waals surface area (Å²) in [6, 6.07) is 10.9. The number of rotatable bonds is 8. The highest BCUT2D eigenvalue weighted by molar-refractivity contribution is 7.92. The van der Waals surface area contributed by atoms with Gasteiger partial charge in [0, 0.05) is 12.5 Å². The summed E-state index contributed by atoms with van der Waals surface area (Å²) in [6.45, 7) is 4.12. The van der Waals surface area contributed by atoms with E-state index in [4.69, 9.17) is 13.7 Å². The van der Waals surface area contributed by atoms with E-state index in [1.807, 2.05) is 13.8 Å². The first-order valence-electron chi connectivity index (χ1n) is 9.60. The molecule has 31 heavy (non-hydrogen) atoms. The SMILES string of the molecule is CCOc1ccccc1NS(=O)(=O)c1ccc2c(c1)oc(=O)n2Cc1noc(CC)n1. The van der Waals surface area contributed by atoms with E-state index < -0.39 is 15.8 Å². The average Bonchev–Trinajstić information content (AvgIpc) is 3.33. The molecule has 0 fully saturated rings. The van der Waals surface area contributed by atoms with Gasteiger partial charge in [0.25, 0.3) is 10.0 Å². The molecule has 2 aromatic carbocycles. The lowest BCUT2D eigenvalue weighted by Crippen LogP contribution is -2.16. The van der Waals surface area contributed by atoms with E-state index in [9.17, 15) is 13.2 Å². The first-order valence-corrected chi connectivity index (χ1v) is 11.1. The molecule has 0 saturated carbocycles. The Bertz CT molecular complexity index is 1390. The number of nitrogens with zero attached hydrogens (tertiary/aromatic N) is 3. The van der Waals surface area contributed by atoms with Crippen molar-refractivity contribution in [3.63, 3.8) is 0 Å². The number of hydrogen-bond acceptors (Lipinski definition) is 8. The molecular weight excluding hydrogens is 424 g/mol. The third-order valence-corrected chi connectivity index (χ3v) is 5.86. The molecule has 0 aliphatic heterocycles. The van der Waals surface area contributed by atoms with Crippen LogP contribution in [0.15, 0.2) is 61.1 Å². The molecule has 2 heterocycles. The lowest BCUT2D eigenvalue weighted by atomic mass is 10.3. The van der Waals surface area contributed by atoms with Crippen molar-refractivity contribution in [3.8, 4) is 5.75 Å². The van der Waals surface area contributed by atoms with E-state index in [2.05, 4.69) is 14.9 Å². The Balaban J connectivity index is 1.66. The van der Waals surface area contributed by atoms with Crippen molar-refractivity contribution in [2.75, 3.05) is 11.3 Å². The van der Waals surface area contributed by atoms with Crippen LogP contribution in [0.25, 0.3) is 11.1 Å². The summed E-state index contributed by atoms with van der Waals surface area (Å²) >= 11 is 0. The summed E-state index contributed by atoms with van der Waals surface area (Å²) in [5.41, 5.74) is 0.860. The van der Waals surface area contributed by atoms with Crippen molar-refractivity contribution < 1.29 is 22.1 Å². The Morgan fingerprint density at radius 3 is 2.71 bits per heavy atom. The number of nitrogens with one attached hydrogen (secondary N) is 1. The Labute approximate surface area is 177 Å². The second kappa shape index (κ2) is 8.26. The van der Waals surface area contributed by atoms with Gasteiger partial charge in [-0.1, -0.05) is 24.2 Å². The largest absolute Gasteiger partial charge is 0.492 e. The van der Waals surface area contributed by atoms with Crippen LogP contribution in [-0.4, -0.2) is 29.7 Å². The van der Waals surface area contributed by atoms with Crippen molar-refractivity contribution >= 4 is 26.8 Å². The molecule has 4 rings (SSSR count). The molecule has 10 nitrogen and oxygen atoms in total. The standard InChI is InChI=1S/C20H20N4O6S/c1-3-19-21-18(22-30-19)12-24-15-10-9-13(11-17(15)29-20(24)25)31(26,27)23-14-7-5-6-8-16(14)28-4-2/h5-11,23H,3-4,12H2,1-2H3. The lowest BCUT2D eigenvalue weighted by Gasteiger charge is -2.12.